The Balaban J connectivity index is 2.02. The summed E-state index contributed by atoms with van der Waals surface area (Å²) in [6.45, 7) is 3.49. The highest BCUT2D eigenvalue weighted by Gasteiger charge is 2.23. The van der Waals surface area contributed by atoms with Gasteiger partial charge in [-0.15, -0.1) is 0 Å². The van der Waals surface area contributed by atoms with Crippen LogP contribution in [0.4, 0.5) is 4.39 Å². The number of hydrogen-bond acceptors (Lipinski definition) is 4. The van der Waals surface area contributed by atoms with E-state index in [1.54, 1.807) is 0 Å². The number of benzene rings is 2. The van der Waals surface area contributed by atoms with E-state index in [9.17, 15) is 14.0 Å². The van der Waals surface area contributed by atoms with Crippen LogP contribution in [-0.2, 0) is 9.53 Å². The lowest BCUT2D eigenvalue weighted by Gasteiger charge is -2.21. The van der Waals surface area contributed by atoms with Crippen molar-refractivity contribution < 1.29 is 23.5 Å². The predicted molar refractivity (Wildman–Crippen MR) is 100 cm³/mol. The van der Waals surface area contributed by atoms with Crippen LogP contribution in [0.5, 0.6) is 5.75 Å². The Labute approximate surface area is 158 Å². The Morgan fingerprint density at radius 1 is 1.15 bits per heavy atom. The molecule has 6 heteroatoms. The van der Waals surface area contributed by atoms with Crippen LogP contribution in [-0.4, -0.2) is 25.1 Å². The number of ether oxygens (including phenoxy) is 2. The molecule has 0 radical (unpaired) electrons. The molecule has 144 valence electrons. The molecule has 2 atom stereocenters. The summed E-state index contributed by atoms with van der Waals surface area (Å²) in [4.78, 5) is 24.6. The number of amides is 1. The first-order chi connectivity index (χ1) is 13.0. The molecule has 0 aliphatic rings. The predicted octanol–water partition coefficient (Wildman–Crippen LogP) is 4.04. The van der Waals surface area contributed by atoms with Gasteiger partial charge in [-0.25, -0.2) is 9.18 Å². The maximum atomic E-state index is 14.0. The number of nitrogens with one attached hydrogen (secondary N) is 1. The highest BCUT2D eigenvalue weighted by molar-refractivity contribution is 5.92. The van der Waals surface area contributed by atoms with Crippen molar-refractivity contribution in [2.24, 2.45) is 0 Å². The molecule has 0 fully saturated rings. The van der Waals surface area contributed by atoms with Crippen LogP contribution in [0.3, 0.4) is 0 Å². The first-order valence-electron chi connectivity index (χ1n) is 8.86. The SMILES string of the molecule is CCC[C@H](NC(=O)[C@H](C)OC(=O)c1ccc(OC)cc1F)c1ccccc1. The van der Waals surface area contributed by atoms with Gasteiger partial charge in [-0.2, -0.15) is 0 Å². The summed E-state index contributed by atoms with van der Waals surface area (Å²) >= 11 is 0. The lowest BCUT2D eigenvalue weighted by molar-refractivity contribution is -0.130. The topological polar surface area (TPSA) is 64.6 Å². The van der Waals surface area contributed by atoms with Gasteiger partial charge in [0.2, 0.25) is 0 Å². The molecule has 1 amide bonds. The van der Waals surface area contributed by atoms with Gasteiger partial charge in [-0.1, -0.05) is 43.7 Å². The third kappa shape index (κ3) is 5.54. The van der Waals surface area contributed by atoms with Crippen molar-refractivity contribution in [2.75, 3.05) is 7.11 Å². The van der Waals surface area contributed by atoms with E-state index in [2.05, 4.69) is 5.32 Å². The number of halogens is 1. The van der Waals surface area contributed by atoms with E-state index in [0.29, 0.717) is 5.75 Å². The summed E-state index contributed by atoms with van der Waals surface area (Å²) in [6, 6.07) is 13.2. The summed E-state index contributed by atoms with van der Waals surface area (Å²) in [5.41, 5.74) is 0.732. The minimum atomic E-state index is -1.05. The van der Waals surface area contributed by atoms with Gasteiger partial charge in [-0.05, 0) is 31.0 Å². The van der Waals surface area contributed by atoms with E-state index in [1.807, 2.05) is 37.3 Å². The fourth-order valence-corrected chi connectivity index (χ4v) is 2.65. The number of carbonyl (C=O) groups excluding carboxylic acids is 2. The van der Waals surface area contributed by atoms with Crippen LogP contribution in [0, 0.1) is 5.82 Å². The molecule has 0 unspecified atom stereocenters. The third-order valence-electron chi connectivity index (χ3n) is 4.14. The molecule has 2 rings (SSSR count). The normalized spacial score (nSPS) is 12.7. The first-order valence-corrected chi connectivity index (χ1v) is 8.86. The van der Waals surface area contributed by atoms with Gasteiger partial charge in [0, 0.05) is 6.07 Å². The van der Waals surface area contributed by atoms with Crippen molar-refractivity contribution in [2.45, 2.75) is 38.8 Å². The molecule has 2 aromatic rings. The molecule has 0 aliphatic heterocycles. The van der Waals surface area contributed by atoms with E-state index in [1.165, 1.54) is 26.2 Å². The van der Waals surface area contributed by atoms with Crippen molar-refractivity contribution in [3.8, 4) is 5.75 Å². The zero-order valence-electron chi connectivity index (χ0n) is 15.7. The van der Waals surface area contributed by atoms with Gasteiger partial charge in [0.25, 0.3) is 5.91 Å². The van der Waals surface area contributed by atoms with E-state index < -0.39 is 23.8 Å². The Bertz CT molecular complexity index is 779. The van der Waals surface area contributed by atoms with Gasteiger partial charge < -0.3 is 14.8 Å². The smallest absolute Gasteiger partial charge is 0.341 e. The summed E-state index contributed by atoms with van der Waals surface area (Å²) in [7, 11) is 1.40. The molecule has 27 heavy (non-hydrogen) atoms. The third-order valence-corrected chi connectivity index (χ3v) is 4.14. The average molecular weight is 373 g/mol. The van der Waals surface area contributed by atoms with Crippen molar-refractivity contribution in [1.29, 1.82) is 0 Å². The Kier molecular flexibility index (Phi) is 7.34. The summed E-state index contributed by atoms with van der Waals surface area (Å²) in [5, 5.41) is 2.89. The summed E-state index contributed by atoms with van der Waals surface area (Å²) in [6.07, 6.45) is 0.580. The molecule has 0 spiro atoms. The molecule has 0 heterocycles. The Morgan fingerprint density at radius 2 is 1.85 bits per heavy atom. The molecule has 0 aliphatic carbocycles. The lowest BCUT2D eigenvalue weighted by atomic mass is 10.0. The van der Waals surface area contributed by atoms with Crippen molar-refractivity contribution >= 4 is 11.9 Å². The Hall–Kier alpha value is -2.89. The highest BCUT2D eigenvalue weighted by Crippen LogP contribution is 2.20. The number of methoxy groups -OCH3 is 1. The molecule has 0 bridgehead atoms. The van der Waals surface area contributed by atoms with Crippen molar-refractivity contribution in [3.63, 3.8) is 0 Å². The van der Waals surface area contributed by atoms with E-state index in [-0.39, 0.29) is 11.6 Å². The second-order valence-corrected chi connectivity index (χ2v) is 6.15. The van der Waals surface area contributed by atoms with Gasteiger partial charge in [-0.3, -0.25) is 4.79 Å². The number of carbonyl (C=O) groups is 2. The molecule has 0 saturated carbocycles. The van der Waals surface area contributed by atoms with E-state index in [0.717, 1.165) is 24.5 Å². The fourth-order valence-electron chi connectivity index (χ4n) is 2.65. The van der Waals surface area contributed by atoms with Crippen LogP contribution in [0.25, 0.3) is 0 Å². The van der Waals surface area contributed by atoms with Gasteiger partial charge in [0.15, 0.2) is 6.10 Å². The quantitative estimate of drug-likeness (QED) is 0.710. The van der Waals surface area contributed by atoms with E-state index in [4.69, 9.17) is 9.47 Å². The minimum absolute atomic E-state index is 0.178. The van der Waals surface area contributed by atoms with Crippen LogP contribution >= 0.6 is 0 Å². The van der Waals surface area contributed by atoms with Crippen molar-refractivity contribution in [1.82, 2.24) is 5.32 Å². The maximum Gasteiger partial charge on any atom is 0.341 e. The molecule has 0 saturated heterocycles. The van der Waals surface area contributed by atoms with E-state index >= 15 is 0 Å². The average Bonchev–Trinajstić information content (AvgIpc) is 2.67. The van der Waals surface area contributed by atoms with Crippen molar-refractivity contribution in [3.05, 3.63) is 65.5 Å². The Morgan fingerprint density at radius 3 is 2.44 bits per heavy atom. The van der Waals surface area contributed by atoms with Crippen LogP contribution in [0.2, 0.25) is 0 Å². The van der Waals surface area contributed by atoms with Crippen LogP contribution in [0.15, 0.2) is 48.5 Å². The van der Waals surface area contributed by atoms with Gasteiger partial charge >= 0.3 is 5.97 Å². The minimum Gasteiger partial charge on any atom is -0.497 e. The molecular weight excluding hydrogens is 349 g/mol. The highest BCUT2D eigenvalue weighted by atomic mass is 19.1. The number of rotatable bonds is 8. The maximum absolute atomic E-state index is 14.0. The standard InChI is InChI=1S/C21H24FNO4/c1-4-8-19(15-9-6-5-7-10-15)23-20(24)14(2)27-21(25)17-12-11-16(26-3)13-18(17)22/h5-7,9-14,19H,4,8H2,1-3H3,(H,23,24)/t14-,19-/m0/s1. The fraction of sp³-hybridized carbons (Fsp3) is 0.333. The number of esters is 1. The zero-order chi connectivity index (χ0) is 19.8. The second kappa shape index (κ2) is 9.71. The van der Waals surface area contributed by atoms with Gasteiger partial charge in [0.05, 0.1) is 18.7 Å². The molecule has 1 N–H and O–H groups in total. The number of hydrogen-bond donors (Lipinski definition) is 1. The largest absolute Gasteiger partial charge is 0.497 e. The summed E-state index contributed by atoms with van der Waals surface area (Å²) < 4.78 is 24.0. The first kappa shape index (κ1) is 20.4. The molecule has 0 aromatic heterocycles. The van der Waals surface area contributed by atoms with Crippen LogP contribution < -0.4 is 10.1 Å². The second-order valence-electron chi connectivity index (χ2n) is 6.15. The monoisotopic (exact) mass is 373 g/mol. The molecular formula is C21H24FNO4. The van der Waals surface area contributed by atoms with Crippen LogP contribution in [0.1, 0.15) is 48.7 Å². The zero-order valence-corrected chi connectivity index (χ0v) is 15.7. The molecule has 5 nitrogen and oxygen atoms in total. The summed E-state index contributed by atoms with van der Waals surface area (Å²) in [5.74, 6) is -1.80. The molecule has 2 aromatic carbocycles. The lowest BCUT2D eigenvalue weighted by Crippen LogP contribution is -2.38. The van der Waals surface area contributed by atoms with Gasteiger partial charge in [0.1, 0.15) is 11.6 Å².